The molecule has 0 aliphatic carbocycles. The molecule has 7 rings (SSSR count). The SMILES string of the molecule is Cn1c(=O)c2cc3n(c2n(C)c1=O)C[C@@H]1[C@H]3c2c(c3c(ccc4ccccc43)oc2=O)OC1(C)C. The van der Waals surface area contributed by atoms with E-state index in [4.69, 9.17) is 9.15 Å². The highest BCUT2D eigenvalue weighted by Crippen LogP contribution is 2.54. The van der Waals surface area contributed by atoms with E-state index in [-0.39, 0.29) is 23.1 Å². The van der Waals surface area contributed by atoms with E-state index in [1.807, 2.05) is 60.9 Å². The van der Waals surface area contributed by atoms with Crippen molar-refractivity contribution in [3.63, 3.8) is 0 Å². The number of hydrogen-bond acceptors (Lipinski definition) is 5. The largest absolute Gasteiger partial charge is 0.486 e. The molecular weight excluding hydrogens is 446 g/mol. The van der Waals surface area contributed by atoms with Gasteiger partial charge in [0.1, 0.15) is 22.6 Å². The summed E-state index contributed by atoms with van der Waals surface area (Å²) in [5.74, 6) is 0.129. The van der Waals surface area contributed by atoms with Crippen LogP contribution in [0.25, 0.3) is 32.8 Å². The molecule has 2 aliphatic heterocycles. The van der Waals surface area contributed by atoms with E-state index >= 15 is 0 Å². The monoisotopic (exact) mass is 469 g/mol. The number of hydrogen-bond donors (Lipinski definition) is 0. The zero-order chi connectivity index (χ0) is 24.4. The molecule has 2 aliphatic rings. The van der Waals surface area contributed by atoms with Gasteiger partial charge in [0.15, 0.2) is 0 Å². The van der Waals surface area contributed by atoms with Crippen molar-refractivity contribution in [2.45, 2.75) is 31.9 Å². The Morgan fingerprint density at radius 3 is 2.54 bits per heavy atom. The van der Waals surface area contributed by atoms with E-state index in [0.29, 0.717) is 34.5 Å². The number of nitrogens with zero attached hydrogens (tertiary/aromatic N) is 3. The van der Waals surface area contributed by atoms with Crippen molar-refractivity contribution in [2.75, 3.05) is 0 Å². The molecule has 2 aromatic carbocycles. The van der Waals surface area contributed by atoms with E-state index < -0.39 is 11.2 Å². The fraction of sp³-hybridized carbons (Fsp3) is 0.296. The summed E-state index contributed by atoms with van der Waals surface area (Å²) in [5, 5.41) is 3.22. The summed E-state index contributed by atoms with van der Waals surface area (Å²) in [5.41, 5.74) is 0.574. The van der Waals surface area contributed by atoms with Crippen molar-refractivity contribution in [3.05, 3.63) is 85.0 Å². The van der Waals surface area contributed by atoms with Crippen LogP contribution >= 0.6 is 0 Å². The maximum absolute atomic E-state index is 13.5. The molecule has 0 N–H and O–H groups in total. The molecule has 0 saturated carbocycles. The van der Waals surface area contributed by atoms with E-state index in [9.17, 15) is 14.4 Å². The molecule has 176 valence electrons. The Kier molecular flexibility index (Phi) is 3.67. The van der Waals surface area contributed by atoms with E-state index in [1.165, 1.54) is 11.6 Å². The fourth-order valence-electron chi connectivity index (χ4n) is 6.25. The average Bonchev–Trinajstić information content (AvgIpc) is 3.38. The second kappa shape index (κ2) is 6.33. The smallest absolute Gasteiger partial charge is 0.343 e. The van der Waals surface area contributed by atoms with Gasteiger partial charge in [-0.3, -0.25) is 13.9 Å². The first-order chi connectivity index (χ1) is 16.7. The van der Waals surface area contributed by atoms with Crippen molar-refractivity contribution in [1.82, 2.24) is 13.7 Å². The van der Waals surface area contributed by atoms with Gasteiger partial charge in [-0.15, -0.1) is 0 Å². The van der Waals surface area contributed by atoms with Crippen LogP contribution in [-0.4, -0.2) is 19.3 Å². The molecule has 8 heteroatoms. The summed E-state index contributed by atoms with van der Waals surface area (Å²) in [6, 6.07) is 13.5. The number of aromatic nitrogens is 3. The average molecular weight is 469 g/mol. The molecule has 0 bridgehead atoms. The number of fused-ring (bicyclic) bond motifs is 11. The first-order valence-electron chi connectivity index (χ1n) is 11.7. The summed E-state index contributed by atoms with van der Waals surface area (Å²) >= 11 is 0. The van der Waals surface area contributed by atoms with Crippen molar-refractivity contribution in [1.29, 1.82) is 0 Å². The van der Waals surface area contributed by atoms with Gasteiger partial charge < -0.3 is 13.7 Å². The summed E-state index contributed by atoms with van der Waals surface area (Å²) in [4.78, 5) is 39.1. The van der Waals surface area contributed by atoms with Crippen molar-refractivity contribution in [2.24, 2.45) is 20.0 Å². The maximum atomic E-state index is 13.5. The van der Waals surface area contributed by atoms with Gasteiger partial charge in [-0.25, -0.2) is 9.59 Å². The first kappa shape index (κ1) is 20.3. The first-order valence-corrected chi connectivity index (χ1v) is 11.7. The molecule has 0 saturated heterocycles. The minimum absolute atomic E-state index is 0.0797. The summed E-state index contributed by atoms with van der Waals surface area (Å²) in [6.45, 7) is 4.58. The fourth-order valence-corrected chi connectivity index (χ4v) is 6.25. The number of ether oxygens (including phenoxy) is 1. The number of aryl methyl sites for hydroxylation is 1. The van der Waals surface area contributed by atoms with Crippen LogP contribution in [0.1, 0.15) is 31.0 Å². The van der Waals surface area contributed by atoms with Crippen LogP contribution in [0.5, 0.6) is 5.75 Å². The lowest BCUT2D eigenvalue weighted by Crippen LogP contribution is -2.45. The molecule has 0 amide bonds. The summed E-state index contributed by atoms with van der Waals surface area (Å²) in [6.07, 6.45) is 0. The number of rotatable bonds is 0. The third-order valence-electron chi connectivity index (χ3n) is 7.98. The topological polar surface area (TPSA) is 88.4 Å². The van der Waals surface area contributed by atoms with Crippen molar-refractivity contribution < 1.29 is 9.15 Å². The van der Waals surface area contributed by atoms with Gasteiger partial charge in [0, 0.05) is 38.2 Å². The van der Waals surface area contributed by atoms with E-state index in [1.54, 1.807) is 7.05 Å². The maximum Gasteiger partial charge on any atom is 0.343 e. The van der Waals surface area contributed by atoms with Gasteiger partial charge in [-0.05, 0) is 36.8 Å². The highest BCUT2D eigenvalue weighted by atomic mass is 16.5. The molecular formula is C27H23N3O5. The Labute approximate surface area is 198 Å². The molecule has 0 fully saturated rings. The second-order valence-electron chi connectivity index (χ2n) is 10.2. The second-order valence-corrected chi connectivity index (χ2v) is 10.2. The predicted octanol–water partition coefficient (Wildman–Crippen LogP) is 3.23. The zero-order valence-electron chi connectivity index (χ0n) is 19.8. The molecule has 5 aromatic rings. The third-order valence-corrected chi connectivity index (χ3v) is 7.98. The van der Waals surface area contributed by atoms with Crippen LogP contribution < -0.4 is 21.6 Å². The summed E-state index contributed by atoms with van der Waals surface area (Å²) < 4.78 is 17.1. The Bertz CT molecular complexity index is 1940. The summed E-state index contributed by atoms with van der Waals surface area (Å²) in [7, 11) is 3.15. The molecule has 0 spiro atoms. The Hall–Kier alpha value is -4.07. The zero-order valence-corrected chi connectivity index (χ0v) is 19.8. The molecule has 0 radical (unpaired) electrons. The van der Waals surface area contributed by atoms with Crippen LogP contribution in [0.2, 0.25) is 0 Å². The van der Waals surface area contributed by atoms with Gasteiger partial charge in [-0.2, -0.15) is 0 Å². The van der Waals surface area contributed by atoms with Gasteiger partial charge in [0.25, 0.3) is 5.56 Å². The number of benzene rings is 2. The predicted molar refractivity (Wildman–Crippen MR) is 132 cm³/mol. The lowest BCUT2D eigenvalue weighted by Gasteiger charge is -2.41. The van der Waals surface area contributed by atoms with Crippen molar-refractivity contribution >= 4 is 32.8 Å². The van der Waals surface area contributed by atoms with Crippen molar-refractivity contribution in [3.8, 4) is 5.75 Å². The normalized spacial score (nSPS) is 20.1. The van der Waals surface area contributed by atoms with Crippen LogP contribution in [0.3, 0.4) is 0 Å². The Balaban J connectivity index is 1.62. The standard InChI is InChI=1S/C27H23N3O5/c1-27(2)16-12-30-17(11-15-23(30)28(3)26(33)29(4)24(15)31)20(16)21-22(35-27)19-14-8-6-5-7-13(14)9-10-18(19)34-25(21)32/h5-11,16,20H,12H2,1-4H3/t16-,20-/m1/s1. The molecule has 0 unspecified atom stereocenters. The van der Waals surface area contributed by atoms with E-state index in [2.05, 4.69) is 0 Å². The third kappa shape index (κ3) is 2.39. The highest BCUT2D eigenvalue weighted by molar-refractivity contribution is 6.09. The van der Waals surface area contributed by atoms with Gasteiger partial charge in [-0.1, -0.05) is 30.3 Å². The molecule has 35 heavy (non-hydrogen) atoms. The van der Waals surface area contributed by atoms with Gasteiger partial charge in [0.2, 0.25) is 0 Å². The Morgan fingerprint density at radius 2 is 1.74 bits per heavy atom. The van der Waals surface area contributed by atoms with Gasteiger partial charge >= 0.3 is 11.3 Å². The molecule has 3 aromatic heterocycles. The van der Waals surface area contributed by atoms with Crippen LogP contribution in [0, 0.1) is 5.92 Å². The van der Waals surface area contributed by atoms with Crippen LogP contribution in [-0.2, 0) is 20.6 Å². The van der Waals surface area contributed by atoms with Gasteiger partial charge in [0.05, 0.1) is 16.3 Å². The quantitative estimate of drug-likeness (QED) is 0.257. The van der Waals surface area contributed by atoms with Crippen LogP contribution in [0.4, 0.5) is 0 Å². The lowest BCUT2D eigenvalue weighted by atomic mass is 9.74. The minimum atomic E-state index is -0.612. The molecule has 2 atom stereocenters. The molecule has 5 heterocycles. The highest BCUT2D eigenvalue weighted by Gasteiger charge is 2.52. The van der Waals surface area contributed by atoms with E-state index in [0.717, 1.165) is 26.4 Å². The van der Waals surface area contributed by atoms with Crippen LogP contribution in [0.15, 0.2) is 61.3 Å². The lowest BCUT2D eigenvalue weighted by molar-refractivity contribution is 0.0200. The minimum Gasteiger partial charge on any atom is -0.486 e. The Morgan fingerprint density at radius 1 is 0.971 bits per heavy atom. The molecule has 8 nitrogen and oxygen atoms in total.